The van der Waals surface area contributed by atoms with Crippen LogP contribution in [0, 0.1) is 0 Å². The molecule has 5 nitrogen and oxygen atoms in total. The zero-order chi connectivity index (χ0) is 11.6. The van der Waals surface area contributed by atoms with Gasteiger partial charge in [0.1, 0.15) is 6.29 Å². The average molecular weight is 246 g/mol. The van der Waals surface area contributed by atoms with Gasteiger partial charge in [0.05, 0.1) is 6.04 Å². The second-order valence-corrected chi connectivity index (χ2v) is 6.30. The Kier molecular flexibility index (Phi) is 3.61. The van der Waals surface area contributed by atoms with E-state index in [9.17, 15) is 13.2 Å². The predicted octanol–water partition coefficient (Wildman–Crippen LogP) is 0.380. The maximum atomic E-state index is 12.3. The van der Waals surface area contributed by atoms with E-state index in [2.05, 4.69) is 0 Å². The summed E-state index contributed by atoms with van der Waals surface area (Å²) in [6, 6.07) is -0.445. The van der Waals surface area contributed by atoms with Crippen LogP contribution >= 0.6 is 0 Å². The van der Waals surface area contributed by atoms with Crippen molar-refractivity contribution in [1.82, 2.24) is 8.61 Å². The highest BCUT2D eigenvalue weighted by molar-refractivity contribution is 7.86. The fraction of sp³-hybridized carbons (Fsp3) is 0.900. The molecule has 2 fully saturated rings. The minimum absolute atomic E-state index is 0.445. The smallest absolute Gasteiger partial charge is 0.282 e. The largest absolute Gasteiger partial charge is 0.302 e. The third-order valence-corrected chi connectivity index (χ3v) is 5.41. The van der Waals surface area contributed by atoms with Crippen LogP contribution in [-0.4, -0.2) is 49.0 Å². The molecule has 2 rings (SSSR count). The summed E-state index contributed by atoms with van der Waals surface area (Å²) in [6.45, 7) is 1.69. The summed E-state index contributed by atoms with van der Waals surface area (Å²) in [6.07, 6.45) is 5.09. The molecule has 1 unspecified atom stereocenters. The molecule has 1 atom stereocenters. The van der Waals surface area contributed by atoms with Crippen LogP contribution in [0.25, 0.3) is 0 Å². The van der Waals surface area contributed by atoms with Crippen LogP contribution in [0.5, 0.6) is 0 Å². The second-order valence-electron chi connectivity index (χ2n) is 4.42. The first kappa shape index (κ1) is 12.0. The first-order valence-electron chi connectivity index (χ1n) is 5.88. The van der Waals surface area contributed by atoms with Gasteiger partial charge in [0.2, 0.25) is 0 Å². The summed E-state index contributed by atoms with van der Waals surface area (Å²) < 4.78 is 27.4. The number of hydrogen-bond donors (Lipinski definition) is 0. The quantitative estimate of drug-likeness (QED) is 0.676. The molecule has 0 aromatic rings. The molecule has 0 saturated carbocycles. The Morgan fingerprint density at radius 3 is 2.25 bits per heavy atom. The van der Waals surface area contributed by atoms with E-state index in [4.69, 9.17) is 0 Å². The minimum Gasteiger partial charge on any atom is -0.302 e. The van der Waals surface area contributed by atoms with Gasteiger partial charge in [0.15, 0.2) is 0 Å². The molecule has 0 bridgehead atoms. The monoisotopic (exact) mass is 246 g/mol. The third kappa shape index (κ3) is 2.14. The number of aldehydes is 1. The zero-order valence-electron chi connectivity index (χ0n) is 9.34. The normalized spacial score (nSPS) is 29.4. The molecule has 0 aliphatic carbocycles. The first-order chi connectivity index (χ1) is 7.66. The van der Waals surface area contributed by atoms with E-state index in [0.29, 0.717) is 26.1 Å². The maximum absolute atomic E-state index is 12.3. The van der Waals surface area contributed by atoms with E-state index < -0.39 is 16.3 Å². The molecular weight excluding hydrogens is 228 g/mol. The Morgan fingerprint density at radius 1 is 1.00 bits per heavy atom. The SMILES string of the molecule is O=CC1CCCCN1S(=O)(=O)N1CCCC1. The number of carbonyl (C=O) groups excluding carboxylic acids is 1. The fourth-order valence-corrected chi connectivity index (χ4v) is 4.29. The summed E-state index contributed by atoms with van der Waals surface area (Å²) in [7, 11) is -3.39. The Balaban J connectivity index is 2.17. The molecule has 2 aliphatic heterocycles. The standard InChI is InChI=1S/C10H18N2O3S/c13-9-10-5-1-2-8-12(10)16(14,15)11-6-3-4-7-11/h9-10H,1-8H2. The maximum Gasteiger partial charge on any atom is 0.282 e. The minimum atomic E-state index is -3.39. The van der Waals surface area contributed by atoms with Gasteiger partial charge in [-0.2, -0.15) is 17.0 Å². The van der Waals surface area contributed by atoms with Crippen molar-refractivity contribution in [2.75, 3.05) is 19.6 Å². The van der Waals surface area contributed by atoms with Crippen molar-refractivity contribution in [2.24, 2.45) is 0 Å². The third-order valence-electron chi connectivity index (χ3n) is 3.34. The molecule has 0 spiro atoms. The van der Waals surface area contributed by atoms with Gasteiger partial charge in [-0.1, -0.05) is 6.42 Å². The van der Waals surface area contributed by atoms with Crippen molar-refractivity contribution < 1.29 is 13.2 Å². The van der Waals surface area contributed by atoms with Gasteiger partial charge in [-0.3, -0.25) is 0 Å². The lowest BCUT2D eigenvalue weighted by Gasteiger charge is -2.34. The zero-order valence-corrected chi connectivity index (χ0v) is 10.2. The highest BCUT2D eigenvalue weighted by Crippen LogP contribution is 2.23. The Bertz CT molecular complexity index is 349. The topological polar surface area (TPSA) is 57.7 Å². The average Bonchev–Trinajstić information content (AvgIpc) is 2.83. The second kappa shape index (κ2) is 4.81. The summed E-state index contributed by atoms with van der Waals surface area (Å²) in [4.78, 5) is 10.9. The van der Waals surface area contributed by atoms with E-state index in [1.807, 2.05) is 0 Å². The Hall–Kier alpha value is -0.460. The van der Waals surface area contributed by atoms with Crippen LogP contribution in [0.1, 0.15) is 32.1 Å². The van der Waals surface area contributed by atoms with Crippen molar-refractivity contribution in [1.29, 1.82) is 0 Å². The van der Waals surface area contributed by atoms with Gasteiger partial charge < -0.3 is 4.79 Å². The lowest BCUT2D eigenvalue weighted by Crippen LogP contribution is -2.50. The van der Waals surface area contributed by atoms with Crippen molar-refractivity contribution in [3.8, 4) is 0 Å². The molecule has 2 heterocycles. The van der Waals surface area contributed by atoms with Crippen LogP contribution in [0.2, 0.25) is 0 Å². The lowest BCUT2D eigenvalue weighted by molar-refractivity contribution is -0.111. The summed E-state index contributed by atoms with van der Waals surface area (Å²) >= 11 is 0. The number of nitrogens with zero attached hydrogens (tertiary/aromatic N) is 2. The Morgan fingerprint density at radius 2 is 1.62 bits per heavy atom. The number of carbonyl (C=O) groups is 1. The van der Waals surface area contributed by atoms with E-state index >= 15 is 0 Å². The number of rotatable bonds is 3. The van der Waals surface area contributed by atoms with Crippen LogP contribution in [0.15, 0.2) is 0 Å². The van der Waals surface area contributed by atoms with Crippen molar-refractivity contribution in [3.05, 3.63) is 0 Å². The molecule has 0 aromatic carbocycles. The molecule has 2 saturated heterocycles. The van der Waals surface area contributed by atoms with Gasteiger partial charge in [-0.05, 0) is 25.7 Å². The molecule has 92 valence electrons. The summed E-state index contributed by atoms with van der Waals surface area (Å²) in [5, 5.41) is 0. The van der Waals surface area contributed by atoms with Gasteiger partial charge in [0.25, 0.3) is 10.2 Å². The van der Waals surface area contributed by atoms with E-state index in [1.165, 1.54) is 8.61 Å². The van der Waals surface area contributed by atoms with Crippen molar-refractivity contribution in [3.63, 3.8) is 0 Å². The molecule has 2 aliphatic rings. The van der Waals surface area contributed by atoms with Crippen LogP contribution in [0.4, 0.5) is 0 Å². The van der Waals surface area contributed by atoms with Crippen LogP contribution in [0.3, 0.4) is 0 Å². The summed E-state index contributed by atoms with van der Waals surface area (Å²) in [5.41, 5.74) is 0. The van der Waals surface area contributed by atoms with Gasteiger partial charge in [-0.15, -0.1) is 0 Å². The molecule has 6 heteroatoms. The highest BCUT2D eigenvalue weighted by Gasteiger charge is 2.37. The highest BCUT2D eigenvalue weighted by atomic mass is 32.2. The molecule has 0 amide bonds. The summed E-state index contributed by atoms with van der Waals surface area (Å²) in [5.74, 6) is 0. The fourth-order valence-electron chi connectivity index (χ4n) is 2.42. The lowest BCUT2D eigenvalue weighted by atomic mass is 10.1. The number of piperidine rings is 1. The van der Waals surface area contributed by atoms with Crippen molar-refractivity contribution >= 4 is 16.5 Å². The predicted molar refractivity (Wildman–Crippen MR) is 60.1 cm³/mol. The van der Waals surface area contributed by atoms with Crippen molar-refractivity contribution in [2.45, 2.75) is 38.1 Å². The first-order valence-corrected chi connectivity index (χ1v) is 7.28. The van der Waals surface area contributed by atoms with E-state index in [1.54, 1.807) is 0 Å². The Labute approximate surface area is 96.6 Å². The molecule has 0 radical (unpaired) electrons. The van der Waals surface area contributed by atoms with Gasteiger partial charge in [-0.25, -0.2) is 0 Å². The molecular formula is C10H18N2O3S. The van der Waals surface area contributed by atoms with E-state index in [0.717, 1.165) is 32.0 Å². The molecule has 16 heavy (non-hydrogen) atoms. The van der Waals surface area contributed by atoms with Gasteiger partial charge >= 0.3 is 0 Å². The van der Waals surface area contributed by atoms with E-state index in [-0.39, 0.29) is 0 Å². The molecule has 0 N–H and O–H groups in total. The number of hydrogen-bond acceptors (Lipinski definition) is 3. The van der Waals surface area contributed by atoms with Crippen LogP contribution < -0.4 is 0 Å². The molecule has 0 aromatic heterocycles. The van der Waals surface area contributed by atoms with Crippen LogP contribution in [-0.2, 0) is 15.0 Å². The van der Waals surface area contributed by atoms with Gasteiger partial charge in [0, 0.05) is 19.6 Å².